The zero-order valence-corrected chi connectivity index (χ0v) is 12.3. The lowest BCUT2D eigenvalue weighted by molar-refractivity contribution is -0.108. The molecule has 1 atom stereocenters. The summed E-state index contributed by atoms with van der Waals surface area (Å²) in [6.45, 7) is 5.13. The van der Waals surface area contributed by atoms with Gasteiger partial charge in [0.25, 0.3) is 0 Å². The summed E-state index contributed by atoms with van der Waals surface area (Å²) in [5.41, 5.74) is -0.529. The Morgan fingerprint density at radius 1 is 1.50 bits per heavy atom. The largest absolute Gasteiger partial charge is 0.444 e. The van der Waals surface area contributed by atoms with Crippen LogP contribution in [0.3, 0.4) is 0 Å². The van der Waals surface area contributed by atoms with Gasteiger partial charge >= 0.3 is 6.09 Å². The maximum atomic E-state index is 13.8. The van der Waals surface area contributed by atoms with Crippen LogP contribution in [0.4, 0.5) is 9.18 Å². The molecule has 0 unspecified atom stereocenters. The monoisotopic (exact) mass is 301 g/mol. The van der Waals surface area contributed by atoms with Gasteiger partial charge in [0.05, 0.1) is 6.04 Å². The Bertz CT molecular complexity index is 500. The molecule has 0 aromatic heterocycles. The molecule has 1 aromatic rings. The van der Waals surface area contributed by atoms with Crippen molar-refractivity contribution in [2.24, 2.45) is 0 Å². The minimum Gasteiger partial charge on any atom is -0.444 e. The summed E-state index contributed by atoms with van der Waals surface area (Å²) in [6, 6.07) is 3.14. The Morgan fingerprint density at radius 2 is 2.15 bits per heavy atom. The van der Waals surface area contributed by atoms with Crippen molar-refractivity contribution in [2.45, 2.75) is 38.8 Å². The van der Waals surface area contributed by atoms with Crippen molar-refractivity contribution in [3.63, 3.8) is 0 Å². The number of amides is 1. The van der Waals surface area contributed by atoms with Crippen LogP contribution in [0.15, 0.2) is 18.2 Å². The van der Waals surface area contributed by atoms with Gasteiger partial charge in [-0.3, -0.25) is 0 Å². The minimum absolute atomic E-state index is 0.0729. The Labute approximate surface area is 122 Å². The third kappa shape index (κ3) is 5.17. The molecule has 0 bridgehead atoms. The standard InChI is InChI=1S/C14H17ClFNO3/c1-14(2,3)20-13(19)17-12(6-7-18)10-8-9(15)4-5-11(10)16/h4-5,7-8,12H,6H2,1-3H3,(H,17,19)/t12-/m0/s1. The number of hydrogen-bond acceptors (Lipinski definition) is 3. The van der Waals surface area contributed by atoms with E-state index in [9.17, 15) is 14.0 Å². The average Bonchev–Trinajstić information content (AvgIpc) is 2.29. The maximum Gasteiger partial charge on any atom is 0.408 e. The Hall–Kier alpha value is -1.62. The van der Waals surface area contributed by atoms with Crippen LogP contribution < -0.4 is 5.32 Å². The summed E-state index contributed by atoms with van der Waals surface area (Å²) >= 11 is 5.81. The molecule has 1 rings (SSSR count). The van der Waals surface area contributed by atoms with Gasteiger partial charge in [0.2, 0.25) is 0 Å². The summed E-state index contributed by atoms with van der Waals surface area (Å²) in [7, 11) is 0. The molecule has 0 aliphatic rings. The minimum atomic E-state index is -0.818. The number of rotatable bonds is 4. The van der Waals surface area contributed by atoms with Crippen LogP contribution in [0.1, 0.15) is 38.8 Å². The molecular formula is C14H17ClFNO3. The van der Waals surface area contributed by atoms with Crippen LogP contribution in [0, 0.1) is 5.82 Å². The predicted molar refractivity (Wildman–Crippen MR) is 74.2 cm³/mol. The average molecular weight is 302 g/mol. The Kier molecular flexibility index (Phi) is 5.51. The van der Waals surface area contributed by atoms with Crippen LogP contribution in [0.2, 0.25) is 5.02 Å². The first-order valence-corrected chi connectivity index (χ1v) is 6.49. The number of nitrogens with one attached hydrogen (secondary N) is 1. The number of halogens is 2. The predicted octanol–water partition coefficient (Wildman–Crippen LogP) is 3.63. The first kappa shape index (κ1) is 16.4. The van der Waals surface area contributed by atoms with E-state index in [0.29, 0.717) is 11.3 Å². The van der Waals surface area contributed by atoms with E-state index in [1.165, 1.54) is 18.2 Å². The van der Waals surface area contributed by atoms with E-state index in [2.05, 4.69) is 5.32 Å². The molecule has 0 saturated carbocycles. The van der Waals surface area contributed by atoms with E-state index >= 15 is 0 Å². The van der Waals surface area contributed by atoms with E-state index < -0.39 is 23.6 Å². The smallest absolute Gasteiger partial charge is 0.408 e. The van der Waals surface area contributed by atoms with Crippen LogP contribution in [-0.4, -0.2) is 18.0 Å². The van der Waals surface area contributed by atoms with Crippen molar-refractivity contribution in [1.82, 2.24) is 5.32 Å². The number of alkyl carbamates (subject to hydrolysis) is 1. The van der Waals surface area contributed by atoms with Crippen molar-refractivity contribution in [3.8, 4) is 0 Å². The van der Waals surface area contributed by atoms with Gasteiger partial charge in [-0.1, -0.05) is 11.6 Å². The molecule has 0 spiro atoms. The summed E-state index contributed by atoms with van der Waals surface area (Å²) in [5, 5.41) is 2.79. The number of hydrogen-bond donors (Lipinski definition) is 1. The number of aldehydes is 1. The molecule has 0 fully saturated rings. The molecule has 110 valence electrons. The van der Waals surface area contributed by atoms with Crippen LogP contribution in [0.25, 0.3) is 0 Å². The van der Waals surface area contributed by atoms with Gasteiger partial charge < -0.3 is 14.8 Å². The van der Waals surface area contributed by atoms with E-state index in [-0.39, 0.29) is 12.0 Å². The van der Waals surface area contributed by atoms with Gasteiger partial charge in [0.15, 0.2) is 0 Å². The highest BCUT2D eigenvalue weighted by molar-refractivity contribution is 6.30. The molecule has 0 aliphatic heterocycles. The fraction of sp³-hybridized carbons (Fsp3) is 0.429. The molecule has 20 heavy (non-hydrogen) atoms. The zero-order chi connectivity index (χ0) is 15.3. The summed E-state index contributed by atoms with van der Waals surface area (Å²) in [4.78, 5) is 22.4. The molecule has 4 nitrogen and oxygen atoms in total. The number of carbonyl (C=O) groups is 2. The molecular weight excluding hydrogens is 285 g/mol. The number of ether oxygens (including phenoxy) is 1. The lowest BCUT2D eigenvalue weighted by atomic mass is 10.0. The molecule has 0 heterocycles. The van der Waals surface area contributed by atoms with Gasteiger partial charge in [-0.05, 0) is 39.0 Å². The van der Waals surface area contributed by atoms with Gasteiger partial charge in [0.1, 0.15) is 17.7 Å². The van der Waals surface area contributed by atoms with E-state index in [0.717, 1.165) is 0 Å². The molecule has 0 radical (unpaired) electrons. The molecule has 1 N–H and O–H groups in total. The third-order valence-corrected chi connectivity index (χ3v) is 2.59. The highest BCUT2D eigenvalue weighted by Crippen LogP contribution is 2.23. The van der Waals surface area contributed by atoms with Gasteiger partial charge in [-0.2, -0.15) is 0 Å². The quantitative estimate of drug-likeness (QED) is 0.864. The SMILES string of the molecule is CC(C)(C)OC(=O)N[C@@H](CC=O)c1cc(Cl)ccc1F. The van der Waals surface area contributed by atoms with Crippen LogP contribution in [-0.2, 0) is 9.53 Å². The summed E-state index contributed by atoms with van der Waals surface area (Å²) in [6.07, 6.45) is -0.192. The lowest BCUT2D eigenvalue weighted by Crippen LogP contribution is -2.35. The lowest BCUT2D eigenvalue weighted by Gasteiger charge is -2.23. The maximum absolute atomic E-state index is 13.8. The summed E-state index contributed by atoms with van der Waals surface area (Å²) < 4.78 is 18.8. The third-order valence-electron chi connectivity index (χ3n) is 2.36. The normalized spacial score (nSPS) is 12.7. The van der Waals surface area contributed by atoms with E-state index in [1.807, 2.05) is 0 Å². The molecule has 0 saturated heterocycles. The fourth-order valence-corrected chi connectivity index (χ4v) is 1.77. The van der Waals surface area contributed by atoms with E-state index in [1.54, 1.807) is 20.8 Å². The van der Waals surface area contributed by atoms with Gasteiger partial charge in [0, 0.05) is 17.0 Å². The van der Waals surface area contributed by atoms with Gasteiger partial charge in [-0.15, -0.1) is 0 Å². The molecule has 6 heteroatoms. The van der Waals surface area contributed by atoms with Crippen molar-refractivity contribution in [1.29, 1.82) is 0 Å². The second kappa shape index (κ2) is 6.70. The van der Waals surface area contributed by atoms with Crippen molar-refractivity contribution >= 4 is 24.0 Å². The van der Waals surface area contributed by atoms with Crippen molar-refractivity contribution in [3.05, 3.63) is 34.6 Å². The van der Waals surface area contributed by atoms with E-state index in [4.69, 9.17) is 16.3 Å². The first-order chi connectivity index (χ1) is 9.23. The number of benzene rings is 1. The second-order valence-corrected chi connectivity index (χ2v) is 5.70. The van der Waals surface area contributed by atoms with Gasteiger partial charge in [-0.25, -0.2) is 9.18 Å². The first-order valence-electron chi connectivity index (χ1n) is 6.11. The Morgan fingerprint density at radius 3 is 2.70 bits per heavy atom. The van der Waals surface area contributed by atoms with Crippen LogP contribution in [0.5, 0.6) is 0 Å². The molecule has 1 aromatic carbocycles. The topological polar surface area (TPSA) is 55.4 Å². The van der Waals surface area contributed by atoms with Crippen molar-refractivity contribution < 1.29 is 18.7 Å². The number of carbonyl (C=O) groups excluding carboxylic acids is 2. The highest BCUT2D eigenvalue weighted by atomic mass is 35.5. The van der Waals surface area contributed by atoms with Crippen LogP contribution >= 0.6 is 11.6 Å². The molecule has 1 amide bonds. The highest BCUT2D eigenvalue weighted by Gasteiger charge is 2.22. The Balaban J connectivity index is 2.91. The zero-order valence-electron chi connectivity index (χ0n) is 11.6. The van der Waals surface area contributed by atoms with Crippen molar-refractivity contribution in [2.75, 3.05) is 0 Å². The summed E-state index contributed by atoms with van der Waals surface area (Å²) in [5.74, 6) is -0.544. The molecule has 0 aliphatic carbocycles. The fourth-order valence-electron chi connectivity index (χ4n) is 1.59. The second-order valence-electron chi connectivity index (χ2n) is 5.27.